The smallest absolute Gasteiger partial charge is 0.264 e. The second kappa shape index (κ2) is 6.53. The number of carbonyl (C=O) groups excluding carboxylic acids is 1. The zero-order valence-electron chi connectivity index (χ0n) is 13.6. The molecule has 4 rings (SSSR count). The summed E-state index contributed by atoms with van der Waals surface area (Å²) in [6.07, 6.45) is 5.15. The van der Waals surface area contributed by atoms with Gasteiger partial charge in [0.25, 0.3) is 5.91 Å². The predicted octanol–water partition coefficient (Wildman–Crippen LogP) is 2.90. The fourth-order valence-corrected chi connectivity index (χ4v) is 4.44. The van der Waals surface area contributed by atoms with Gasteiger partial charge in [-0.15, -0.1) is 11.3 Å². The first-order valence-electron chi connectivity index (χ1n) is 8.27. The minimum Gasteiger partial charge on any atom is -0.484 e. The summed E-state index contributed by atoms with van der Waals surface area (Å²) in [4.78, 5) is 19.9. The summed E-state index contributed by atoms with van der Waals surface area (Å²) < 4.78 is 12.1. The number of hydrogen-bond acceptors (Lipinski definition) is 5. The van der Waals surface area contributed by atoms with Gasteiger partial charge in [-0.1, -0.05) is 0 Å². The van der Waals surface area contributed by atoms with Crippen molar-refractivity contribution < 1.29 is 14.3 Å². The first-order valence-corrected chi connectivity index (χ1v) is 9.15. The number of hydrogen-bond donors (Lipinski definition) is 0. The first-order chi connectivity index (χ1) is 11.7. The molecule has 0 N–H and O–H groups in total. The lowest BCUT2D eigenvalue weighted by Crippen LogP contribution is -2.44. The lowest BCUT2D eigenvalue weighted by Gasteiger charge is -2.32. The van der Waals surface area contributed by atoms with Crippen LogP contribution in [0.15, 0.2) is 36.0 Å². The summed E-state index contributed by atoms with van der Waals surface area (Å²) in [5.41, 5.74) is 1.04. The Morgan fingerprint density at radius 1 is 1.46 bits per heavy atom. The van der Waals surface area contributed by atoms with Crippen molar-refractivity contribution in [2.45, 2.75) is 38.0 Å². The van der Waals surface area contributed by atoms with E-state index in [4.69, 9.17) is 9.47 Å². The number of fused-ring (bicyclic) bond motifs is 1. The number of thiophene rings is 1. The predicted molar refractivity (Wildman–Crippen MR) is 91.5 cm³/mol. The molecule has 0 bridgehead atoms. The lowest BCUT2D eigenvalue weighted by atomic mass is 10.0. The molecule has 2 aromatic rings. The largest absolute Gasteiger partial charge is 0.484 e. The van der Waals surface area contributed by atoms with Crippen molar-refractivity contribution in [1.29, 1.82) is 0 Å². The summed E-state index contributed by atoms with van der Waals surface area (Å²) in [7, 11) is 0. The molecule has 0 aliphatic carbocycles. The molecule has 126 valence electrons. The van der Waals surface area contributed by atoms with Crippen molar-refractivity contribution in [3.8, 4) is 5.75 Å². The van der Waals surface area contributed by atoms with E-state index in [9.17, 15) is 4.79 Å². The van der Waals surface area contributed by atoms with Gasteiger partial charge in [-0.25, -0.2) is 0 Å². The van der Waals surface area contributed by atoms with Crippen molar-refractivity contribution in [1.82, 2.24) is 9.88 Å². The maximum Gasteiger partial charge on any atom is 0.264 e. The number of carbonyl (C=O) groups is 1. The Kier molecular flexibility index (Phi) is 4.24. The third kappa shape index (κ3) is 2.80. The number of nitrogens with zero attached hydrogens (tertiary/aromatic N) is 2. The van der Waals surface area contributed by atoms with Crippen LogP contribution < -0.4 is 4.74 Å². The highest BCUT2D eigenvalue weighted by atomic mass is 32.1. The normalized spacial score (nSPS) is 26.2. The van der Waals surface area contributed by atoms with Gasteiger partial charge in [-0.3, -0.25) is 9.78 Å². The second-order valence-corrected chi connectivity index (χ2v) is 7.20. The fraction of sp³-hybridized carbons (Fsp3) is 0.444. The molecule has 3 atom stereocenters. The Morgan fingerprint density at radius 3 is 3.12 bits per heavy atom. The second-order valence-electron chi connectivity index (χ2n) is 6.28. The fourth-order valence-electron chi connectivity index (χ4n) is 3.56. The van der Waals surface area contributed by atoms with Gasteiger partial charge in [-0.2, -0.15) is 0 Å². The number of aromatic nitrogens is 1. The summed E-state index contributed by atoms with van der Waals surface area (Å²) in [6, 6.07) is 5.82. The molecular weight excluding hydrogens is 324 g/mol. The Morgan fingerprint density at radius 2 is 2.38 bits per heavy atom. The monoisotopic (exact) mass is 344 g/mol. The highest BCUT2D eigenvalue weighted by Gasteiger charge is 2.47. The van der Waals surface area contributed by atoms with Gasteiger partial charge < -0.3 is 14.4 Å². The number of likely N-dealkylation sites (tertiary alicyclic amines) is 1. The SMILES string of the molecule is Cc1ccsc1C(=O)N1C[C@H](Oc2cccnc2)[C@@H]2OCCC[C@@H]21. The zero-order chi connectivity index (χ0) is 16.5. The standard InChI is InChI=1S/C18H20N2O3S/c1-12-6-9-24-17(12)18(21)20-11-15(16-14(20)5-3-8-22-16)23-13-4-2-7-19-10-13/h2,4,6-7,9-10,14-16H,3,5,8,11H2,1H3/t14-,15-,16+/m0/s1. The minimum absolute atomic E-state index is 0.0665. The topological polar surface area (TPSA) is 51.7 Å². The summed E-state index contributed by atoms with van der Waals surface area (Å²) >= 11 is 1.51. The molecule has 6 heteroatoms. The average molecular weight is 344 g/mol. The molecule has 0 radical (unpaired) electrons. The van der Waals surface area contributed by atoms with E-state index in [1.807, 2.05) is 35.4 Å². The van der Waals surface area contributed by atoms with Crippen molar-refractivity contribution in [3.63, 3.8) is 0 Å². The number of aryl methyl sites for hydroxylation is 1. The summed E-state index contributed by atoms with van der Waals surface area (Å²) in [5, 5.41) is 1.97. The number of pyridine rings is 1. The van der Waals surface area contributed by atoms with E-state index in [-0.39, 0.29) is 24.2 Å². The van der Waals surface area contributed by atoms with Gasteiger partial charge in [0, 0.05) is 12.8 Å². The number of amides is 1. The zero-order valence-corrected chi connectivity index (χ0v) is 14.4. The Hall–Kier alpha value is -1.92. The van der Waals surface area contributed by atoms with E-state index >= 15 is 0 Å². The van der Waals surface area contributed by atoms with Crippen LogP contribution in [0.4, 0.5) is 0 Å². The van der Waals surface area contributed by atoms with E-state index in [0.29, 0.717) is 6.54 Å². The van der Waals surface area contributed by atoms with Crippen LogP contribution in [0.5, 0.6) is 5.75 Å². The average Bonchev–Trinajstić information content (AvgIpc) is 3.20. The van der Waals surface area contributed by atoms with Crippen LogP contribution in [0.3, 0.4) is 0 Å². The Labute approximate surface area is 145 Å². The number of rotatable bonds is 3. The van der Waals surface area contributed by atoms with Gasteiger partial charge >= 0.3 is 0 Å². The molecule has 1 amide bonds. The van der Waals surface area contributed by atoms with Crippen molar-refractivity contribution in [2.75, 3.05) is 13.2 Å². The molecule has 2 aliphatic rings. The molecule has 0 unspecified atom stereocenters. The van der Waals surface area contributed by atoms with Gasteiger partial charge in [0.1, 0.15) is 18.0 Å². The maximum atomic E-state index is 13.0. The van der Waals surface area contributed by atoms with Crippen molar-refractivity contribution in [3.05, 3.63) is 46.4 Å². The third-order valence-corrected chi connectivity index (χ3v) is 5.72. The van der Waals surface area contributed by atoms with Gasteiger partial charge in [0.15, 0.2) is 0 Å². The summed E-state index contributed by atoms with van der Waals surface area (Å²) in [5.74, 6) is 0.817. The molecule has 2 fully saturated rings. The van der Waals surface area contributed by atoms with Crippen molar-refractivity contribution in [2.24, 2.45) is 0 Å². The van der Waals surface area contributed by atoms with Gasteiger partial charge in [-0.05, 0) is 48.9 Å². The molecule has 0 spiro atoms. The molecule has 0 saturated carbocycles. The lowest BCUT2D eigenvalue weighted by molar-refractivity contribution is -0.0447. The molecule has 0 aromatic carbocycles. The van der Waals surface area contributed by atoms with E-state index in [1.165, 1.54) is 11.3 Å². The first kappa shape index (κ1) is 15.6. The molecule has 24 heavy (non-hydrogen) atoms. The van der Waals surface area contributed by atoms with Crippen LogP contribution in [-0.2, 0) is 4.74 Å². The van der Waals surface area contributed by atoms with Crippen LogP contribution in [0.2, 0.25) is 0 Å². The van der Waals surface area contributed by atoms with E-state index in [2.05, 4.69) is 4.98 Å². The minimum atomic E-state index is -0.149. The highest BCUT2D eigenvalue weighted by molar-refractivity contribution is 7.12. The van der Waals surface area contributed by atoms with E-state index in [1.54, 1.807) is 12.4 Å². The molecule has 2 saturated heterocycles. The van der Waals surface area contributed by atoms with Crippen LogP contribution >= 0.6 is 11.3 Å². The quantitative estimate of drug-likeness (QED) is 0.859. The molecule has 2 aromatic heterocycles. The van der Waals surface area contributed by atoms with Crippen molar-refractivity contribution >= 4 is 17.2 Å². The van der Waals surface area contributed by atoms with E-state index in [0.717, 1.165) is 35.6 Å². The molecular formula is C18H20N2O3S. The highest BCUT2D eigenvalue weighted by Crippen LogP contribution is 2.33. The van der Waals surface area contributed by atoms with Gasteiger partial charge in [0.2, 0.25) is 0 Å². The Bertz CT molecular complexity index is 718. The maximum absolute atomic E-state index is 13.0. The van der Waals surface area contributed by atoms with Crippen LogP contribution in [0, 0.1) is 6.92 Å². The van der Waals surface area contributed by atoms with Crippen LogP contribution in [0.1, 0.15) is 28.1 Å². The van der Waals surface area contributed by atoms with E-state index < -0.39 is 0 Å². The van der Waals surface area contributed by atoms with Crippen LogP contribution in [0.25, 0.3) is 0 Å². The van der Waals surface area contributed by atoms with Crippen LogP contribution in [-0.4, -0.2) is 47.2 Å². The number of ether oxygens (including phenoxy) is 2. The third-order valence-electron chi connectivity index (χ3n) is 4.72. The molecule has 4 heterocycles. The molecule has 5 nitrogen and oxygen atoms in total. The summed E-state index contributed by atoms with van der Waals surface area (Å²) in [6.45, 7) is 3.27. The molecule has 2 aliphatic heterocycles. The van der Waals surface area contributed by atoms with Gasteiger partial charge in [0.05, 0.1) is 23.7 Å². The Balaban J connectivity index is 1.57.